The number of hydrogen-bond acceptors (Lipinski definition) is 3. The van der Waals surface area contributed by atoms with Crippen molar-refractivity contribution in [3.8, 4) is 0 Å². The molecule has 1 N–H and O–H groups in total. The molecule has 0 radical (unpaired) electrons. The summed E-state index contributed by atoms with van der Waals surface area (Å²) in [7, 11) is 0. The van der Waals surface area contributed by atoms with Crippen molar-refractivity contribution in [1.29, 1.82) is 0 Å². The lowest BCUT2D eigenvalue weighted by Gasteiger charge is -2.35. The number of para-hydroxylation sites is 1. The molecule has 1 saturated heterocycles. The first-order valence-corrected chi connectivity index (χ1v) is 9.56. The minimum Gasteiger partial charge on any atom is -0.369 e. The van der Waals surface area contributed by atoms with Crippen molar-refractivity contribution in [3.05, 3.63) is 65.7 Å². The summed E-state index contributed by atoms with van der Waals surface area (Å²) in [5.74, 6) is 0.102. The van der Waals surface area contributed by atoms with Gasteiger partial charge >= 0.3 is 0 Å². The van der Waals surface area contributed by atoms with Crippen LogP contribution in [0.15, 0.2) is 54.6 Å². The molecule has 0 bridgehead atoms. The lowest BCUT2D eigenvalue weighted by atomic mass is 10.1. The van der Waals surface area contributed by atoms with Crippen LogP contribution in [0.25, 0.3) is 0 Å². The molecule has 0 unspecified atom stereocenters. The third kappa shape index (κ3) is 4.85. The Hall–Kier alpha value is -2.33. The van der Waals surface area contributed by atoms with E-state index in [0.29, 0.717) is 6.54 Å². The van der Waals surface area contributed by atoms with Crippen molar-refractivity contribution in [2.45, 2.75) is 26.3 Å². The molecule has 0 aromatic heterocycles. The van der Waals surface area contributed by atoms with Crippen molar-refractivity contribution in [2.75, 3.05) is 37.6 Å². The maximum atomic E-state index is 12.4. The van der Waals surface area contributed by atoms with Gasteiger partial charge in [0, 0.05) is 31.9 Å². The van der Waals surface area contributed by atoms with E-state index in [2.05, 4.69) is 70.6 Å². The molecule has 138 valence electrons. The Morgan fingerprint density at radius 3 is 2.27 bits per heavy atom. The number of carbonyl (C=O) groups excluding carboxylic acids is 1. The van der Waals surface area contributed by atoms with E-state index < -0.39 is 0 Å². The number of nitrogens with zero attached hydrogens (tertiary/aromatic N) is 2. The Balaban J connectivity index is 1.45. The predicted octanol–water partition coefficient (Wildman–Crippen LogP) is 3.25. The second-order valence-corrected chi connectivity index (χ2v) is 6.98. The van der Waals surface area contributed by atoms with Gasteiger partial charge in [0.15, 0.2) is 0 Å². The molecule has 0 aliphatic carbocycles. The van der Waals surface area contributed by atoms with Crippen LogP contribution in [0, 0.1) is 0 Å². The molecular formula is C22H29N3O. The fraction of sp³-hybridized carbons (Fsp3) is 0.409. The maximum Gasteiger partial charge on any atom is 0.234 e. The Bertz CT molecular complexity index is 691. The van der Waals surface area contributed by atoms with Gasteiger partial charge in [0.1, 0.15) is 0 Å². The van der Waals surface area contributed by atoms with E-state index in [1.165, 1.54) is 11.3 Å². The van der Waals surface area contributed by atoms with E-state index in [4.69, 9.17) is 0 Å². The average molecular weight is 351 g/mol. The number of carbonyl (C=O) groups is 1. The van der Waals surface area contributed by atoms with E-state index in [1.54, 1.807) is 0 Å². The SMILES string of the molecule is CCc1ccc([C@@H](C)NC(=O)CN2CCN(c3ccccc3)CC2)cc1. The fourth-order valence-electron chi connectivity index (χ4n) is 3.42. The Morgan fingerprint density at radius 2 is 1.65 bits per heavy atom. The Labute approximate surface area is 156 Å². The first kappa shape index (κ1) is 18.5. The van der Waals surface area contributed by atoms with Gasteiger partial charge in [-0.2, -0.15) is 0 Å². The molecule has 0 spiro atoms. The Kier molecular flexibility index (Phi) is 6.29. The standard InChI is InChI=1S/C22H29N3O/c1-3-19-9-11-20(12-10-19)18(2)23-22(26)17-24-13-15-25(16-14-24)21-7-5-4-6-8-21/h4-12,18H,3,13-17H2,1-2H3,(H,23,26)/t18-/m1/s1. The zero-order chi connectivity index (χ0) is 18.4. The molecule has 3 rings (SSSR count). The molecule has 26 heavy (non-hydrogen) atoms. The average Bonchev–Trinajstić information content (AvgIpc) is 2.69. The summed E-state index contributed by atoms with van der Waals surface area (Å²) in [6, 6.07) is 19.0. The summed E-state index contributed by atoms with van der Waals surface area (Å²) in [5, 5.41) is 3.13. The van der Waals surface area contributed by atoms with Crippen LogP contribution in [0.3, 0.4) is 0 Å². The van der Waals surface area contributed by atoms with Crippen LogP contribution in [-0.2, 0) is 11.2 Å². The van der Waals surface area contributed by atoms with Gasteiger partial charge in [0.25, 0.3) is 0 Å². The summed E-state index contributed by atoms with van der Waals surface area (Å²) in [5.41, 5.74) is 3.74. The first-order chi connectivity index (χ1) is 12.7. The number of benzene rings is 2. The van der Waals surface area contributed by atoms with Crippen LogP contribution in [0.5, 0.6) is 0 Å². The number of nitrogens with one attached hydrogen (secondary N) is 1. The van der Waals surface area contributed by atoms with Crippen LogP contribution < -0.4 is 10.2 Å². The molecule has 4 nitrogen and oxygen atoms in total. The quantitative estimate of drug-likeness (QED) is 0.868. The number of aryl methyl sites for hydroxylation is 1. The second-order valence-electron chi connectivity index (χ2n) is 6.98. The van der Waals surface area contributed by atoms with Gasteiger partial charge in [-0.3, -0.25) is 9.69 Å². The topological polar surface area (TPSA) is 35.6 Å². The lowest BCUT2D eigenvalue weighted by Crippen LogP contribution is -2.49. The van der Waals surface area contributed by atoms with E-state index in [9.17, 15) is 4.79 Å². The minimum atomic E-state index is 0.0408. The molecule has 1 atom stereocenters. The molecule has 1 aliphatic rings. The molecule has 1 aliphatic heterocycles. The Morgan fingerprint density at radius 1 is 1.00 bits per heavy atom. The van der Waals surface area contributed by atoms with E-state index in [0.717, 1.165) is 38.2 Å². The smallest absolute Gasteiger partial charge is 0.234 e. The van der Waals surface area contributed by atoms with E-state index in [1.807, 2.05) is 13.0 Å². The molecule has 0 saturated carbocycles. The van der Waals surface area contributed by atoms with Crippen molar-refractivity contribution in [2.24, 2.45) is 0 Å². The van der Waals surface area contributed by atoms with E-state index >= 15 is 0 Å². The van der Waals surface area contributed by atoms with Crippen LogP contribution in [0.1, 0.15) is 31.0 Å². The fourth-order valence-corrected chi connectivity index (χ4v) is 3.42. The number of hydrogen-bond donors (Lipinski definition) is 1. The van der Waals surface area contributed by atoms with Gasteiger partial charge in [0.05, 0.1) is 12.6 Å². The third-order valence-corrected chi connectivity index (χ3v) is 5.13. The van der Waals surface area contributed by atoms with Gasteiger partial charge in [-0.05, 0) is 36.6 Å². The van der Waals surface area contributed by atoms with Crippen LogP contribution >= 0.6 is 0 Å². The maximum absolute atomic E-state index is 12.4. The molecule has 1 amide bonds. The third-order valence-electron chi connectivity index (χ3n) is 5.13. The normalized spacial score (nSPS) is 16.3. The highest BCUT2D eigenvalue weighted by Gasteiger charge is 2.20. The van der Waals surface area contributed by atoms with Gasteiger partial charge in [-0.1, -0.05) is 49.4 Å². The van der Waals surface area contributed by atoms with Crippen molar-refractivity contribution >= 4 is 11.6 Å². The zero-order valence-corrected chi connectivity index (χ0v) is 15.8. The monoisotopic (exact) mass is 351 g/mol. The highest BCUT2D eigenvalue weighted by molar-refractivity contribution is 5.78. The second kappa shape index (κ2) is 8.86. The number of piperazine rings is 1. The van der Waals surface area contributed by atoms with Gasteiger partial charge in [0.2, 0.25) is 5.91 Å². The predicted molar refractivity (Wildman–Crippen MR) is 107 cm³/mol. The van der Waals surface area contributed by atoms with Crippen molar-refractivity contribution in [3.63, 3.8) is 0 Å². The molecule has 1 fully saturated rings. The first-order valence-electron chi connectivity index (χ1n) is 9.56. The van der Waals surface area contributed by atoms with Gasteiger partial charge in [-0.25, -0.2) is 0 Å². The summed E-state index contributed by atoms with van der Waals surface area (Å²) in [6.07, 6.45) is 1.04. The minimum absolute atomic E-state index is 0.0408. The summed E-state index contributed by atoms with van der Waals surface area (Å²) in [4.78, 5) is 17.0. The van der Waals surface area contributed by atoms with Crippen molar-refractivity contribution in [1.82, 2.24) is 10.2 Å². The summed E-state index contributed by atoms with van der Waals surface area (Å²) >= 11 is 0. The van der Waals surface area contributed by atoms with Crippen LogP contribution in [-0.4, -0.2) is 43.5 Å². The summed E-state index contributed by atoms with van der Waals surface area (Å²) < 4.78 is 0. The van der Waals surface area contributed by atoms with Crippen LogP contribution in [0.2, 0.25) is 0 Å². The van der Waals surface area contributed by atoms with Crippen molar-refractivity contribution < 1.29 is 4.79 Å². The summed E-state index contributed by atoms with van der Waals surface area (Å²) in [6.45, 7) is 8.43. The van der Waals surface area contributed by atoms with Gasteiger partial charge < -0.3 is 10.2 Å². The molecular weight excluding hydrogens is 322 g/mol. The highest BCUT2D eigenvalue weighted by Crippen LogP contribution is 2.16. The lowest BCUT2D eigenvalue weighted by molar-refractivity contribution is -0.123. The largest absolute Gasteiger partial charge is 0.369 e. The number of rotatable bonds is 6. The molecule has 2 aromatic rings. The van der Waals surface area contributed by atoms with Crippen LogP contribution in [0.4, 0.5) is 5.69 Å². The van der Waals surface area contributed by atoms with E-state index in [-0.39, 0.29) is 11.9 Å². The zero-order valence-electron chi connectivity index (χ0n) is 15.8. The molecule has 4 heteroatoms. The molecule has 1 heterocycles. The molecule has 2 aromatic carbocycles. The highest BCUT2D eigenvalue weighted by atomic mass is 16.2. The number of amides is 1. The number of anilines is 1. The van der Waals surface area contributed by atoms with Gasteiger partial charge in [-0.15, -0.1) is 0 Å².